The van der Waals surface area contributed by atoms with Gasteiger partial charge in [0.15, 0.2) is 12.5 Å². The first-order valence-corrected chi connectivity index (χ1v) is 4.33. The third-order valence-electron chi connectivity index (χ3n) is 1.40. The average molecular weight is 179 g/mol. The van der Waals surface area contributed by atoms with Crippen molar-refractivity contribution in [3.63, 3.8) is 0 Å². The number of alkyl halides is 1. The highest BCUT2D eigenvalue weighted by Crippen LogP contribution is 2.09. The van der Waals surface area contributed by atoms with E-state index >= 15 is 0 Å². The van der Waals surface area contributed by atoms with Gasteiger partial charge in [-0.05, 0) is 26.8 Å². The number of hydrogen-bond donors (Lipinski definition) is 1. The second kappa shape index (κ2) is 7.46. The van der Waals surface area contributed by atoms with Crippen molar-refractivity contribution in [3.8, 4) is 0 Å². The van der Waals surface area contributed by atoms with Gasteiger partial charge < -0.3 is 15.2 Å². The molecule has 74 valence electrons. The van der Waals surface area contributed by atoms with Gasteiger partial charge in [-0.2, -0.15) is 0 Å². The van der Waals surface area contributed by atoms with Crippen molar-refractivity contribution < 1.29 is 13.9 Å². The Hall–Kier alpha value is -0.190. The Morgan fingerprint density at radius 1 is 1.25 bits per heavy atom. The monoisotopic (exact) mass is 179 g/mol. The Balaban J connectivity index is 3.72. The molecule has 0 aliphatic heterocycles. The van der Waals surface area contributed by atoms with Crippen molar-refractivity contribution in [2.75, 3.05) is 19.8 Å². The average Bonchev–Trinajstić information content (AvgIpc) is 2.04. The highest BCUT2D eigenvalue weighted by atomic mass is 19.1. The normalized spacial score (nSPS) is 13.8. The van der Waals surface area contributed by atoms with Gasteiger partial charge >= 0.3 is 0 Å². The second-order valence-electron chi connectivity index (χ2n) is 2.37. The summed E-state index contributed by atoms with van der Waals surface area (Å²) in [5.74, 6) is 0. The number of nitrogens with two attached hydrogens (primary N) is 1. The molecule has 0 aliphatic carbocycles. The number of rotatable bonds is 7. The molecule has 0 spiro atoms. The third kappa shape index (κ3) is 4.64. The predicted octanol–water partition coefficient (Wildman–Crippen LogP) is 1.07. The summed E-state index contributed by atoms with van der Waals surface area (Å²) in [6.07, 6.45) is -1.58. The molecule has 0 rings (SSSR count). The first kappa shape index (κ1) is 11.8. The number of hydrogen-bond acceptors (Lipinski definition) is 3. The van der Waals surface area contributed by atoms with Crippen molar-refractivity contribution in [1.29, 1.82) is 0 Å². The standard InChI is InChI=1S/C8H18FNO2/c1-3-11-8(12-4-2)7(9)5-6-10/h7-8H,3-6,10H2,1-2H3. The van der Waals surface area contributed by atoms with E-state index in [2.05, 4.69) is 0 Å². The zero-order valence-corrected chi connectivity index (χ0v) is 7.75. The van der Waals surface area contributed by atoms with E-state index in [0.29, 0.717) is 19.8 Å². The lowest BCUT2D eigenvalue weighted by molar-refractivity contribution is -0.172. The summed E-state index contributed by atoms with van der Waals surface area (Å²) in [6.45, 7) is 4.84. The van der Waals surface area contributed by atoms with Crippen LogP contribution in [0.5, 0.6) is 0 Å². The number of ether oxygens (including phenoxy) is 2. The molecule has 4 heteroatoms. The largest absolute Gasteiger partial charge is 0.350 e. The van der Waals surface area contributed by atoms with Gasteiger partial charge in [-0.25, -0.2) is 4.39 Å². The van der Waals surface area contributed by atoms with E-state index in [9.17, 15) is 4.39 Å². The molecule has 0 radical (unpaired) electrons. The van der Waals surface area contributed by atoms with Crippen molar-refractivity contribution in [3.05, 3.63) is 0 Å². The van der Waals surface area contributed by atoms with Gasteiger partial charge in [0.25, 0.3) is 0 Å². The van der Waals surface area contributed by atoms with Crippen LogP contribution < -0.4 is 5.73 Å². The van der Waals surface area contributed by atoms with E-state index in [1.54, 1.807) is 13.8 Å². The van der Waals surface area contributed by atoms with Gasteiger partial charge in [0.05, 0.1) is 0 Å². The van der Waals surface area contributed by atoms with Crippen LogP contribution >= 0.6 is 0 Å². The third-order valence-corrected chi connectivity index (χ3v) is 1.40. The summed E-state index contributed by atoms with van der Waals surface area (Å²) >= 11 is 0. The van der Waals surface area contributed by atoms with Crippen LogP contribution in [-0.2, 0) is 9.47 Å². The summed E-state index contributed by atoms with van der Waals surface area (Å²) in [4.78, 5) is 0. The minimum atomic E-state index is -1.12. The van der Waals surface area contributed by atoms with Crippen molar-refractivity contribution in [2.45, 2.75) is 32.7 Å². The van der Waals surface area contributed by atoms with Crippen LogP contribution in [0.25, 0.3) is 0 Å². The highest BCUT2D eigenvalue weighted by molar-refractivity contribution is 4.61. The van der Waals surface area contributed by atoms with E-state index in [4.69, 9.17) is 15.2 Å². The fourth-order valence-electron chi connectivity index (χ4n) is 0.881. The lowest BCUT2D eigenvalue weighted by Crippen LogP contribution is -2.30. The molecule has 3 nitrogen and oxygen atoms in total. The minimum Gasteiger partial charge on any atom is -0.350 e. The smallest absolute Gasteiger partial charge is 0.188 e. The molecule has 0 aromatic rings. The van der Waals surface area contributed by atoms with Crippen LogP contribution in [-0.4, -0.2) is 32.2 Å². The molecule has 0 saturated heterocycles. The lowest BCUT2D eigenvalue weighted by Gasteiger charge is -2.20. The summed E-state index contributed by atoms with van der Waals surface area (Å²) in [5.41, 5.74) is 5.21. The predicted molar refractivity (Wildman–Crippen MR) is 45.6 cm³/mol. The zero-order chi connectivity index (χ0) is 9.40. The van der Waals surface area contributed by atoms with E-state index in [-0.39, 0.29) is 6.42 Å². The topological polar surface area (TPSA) is 44.5 Å². The lowest BCUT2D eigenvalue weighted by atomic mass is 10.2. The molecule has 12 heavy (non-hydrogen) atoms. The SMILES string of the molecule is CCOC(OCC)C(F)CCN. The van der Waals surface area contributed by atoms with Gasteiger partial charge in [-0.1, -0.05) is 0 Å². The van der Waals surface area contributed by atoms with Gasteiger partial charge in [0.2, 0.25) is 0 Å². The number of halogens is 1. The molecular weight excluding hydrogens is 161 g/mol. The van der Waals surface area contributed by atoms with E-state index in [1.807, 2.05) is 0 Å². The molecule has 0 aromatic heterocycles. The van der Waals surface area contributed by atoms with Crippen molar-refractivity contribution in [2.24, 2.45) is 5.73 Å². The summed E-state index contributed by atoms with van der Waals surface area (Å²) < 4.78 is 23.2. The van der Waals surface area contributed by atoms with E-state index in [1.165, 1.54) is 0 Å². The maximum Gasteiger partial charge on any atom is 0.188 e. The van der Waals surface area contributed by atoms with Crippen LogP contribution in [0.4, 0.5) is 4.39 Å². The first-order valence-electron chi connectivity index (χ1n) is 4.33. The summed E-state index contributed by atoms with van der Waals surface area (Å²) in [6, 6.07) is 0. The fraction of sp³-hybridized carbons (Fsp3) is 1.00. The van der Waals surface area contributed by atoms with Gasteiger partial charge in [0.1, 0.15) is 0 Å². The fourth-order valence-corrected chi connectivity index (χ4v) is 0.881. The van der Waals surface area contributed by atoms with Crippen LogP contribution in [0.15, 0.2) is 0 Å². The molecule has 0 amide bonds. The van der Waals surface area contributed by atoms with E-state index in [0.717, 1.165) is 0 Å². The van der Waals surface area contributed by atoms with Crippen molar-refractivity contribution >= 4 is 0 Å². The molecule has 1 atom stereocenters. The minimum absolute atomic E-state index is 0.282. The van der Waals surface area contributed by atoms with Crippen LogP contribution in [0.1, 0.15) is 20.3 Å². The Morgan fingerprint density at radius 2 is 1.75 bits per heavy atom. The van der Waals surface area contributed by atoms with Gasteiger partial charge in [-0.3, -0.25) is 0 Å². The zero-order valence-electron chi connectivity index (χ0n) is 7.75. The Kier molecular flexibility index (Phi) is 7.34. The Bertz CT molecular complexity index is 97.1. The molecule has 0 aliphatic rings. The van der Waals surface area contributed by atoms with Crippen LogP contribution in [0.3, 0.4) is 0 Å². The molecule has 0 bridgehead atoms. The highest BCUT2D eigenvalue weighted by Gasteiger charge is 2.20. The van der Waals surface area contributed by atoms with Crippen LogP contribution in [0.2, 0.25) is 0 Å². The summed E-state index contributed by atoms with van der Waals surface area (Å²) in [7, 11) is 0. The molecular formula is C8H18FNO2. The first-order chi connectivity index (χ1) is 5.76. The quantitative estimate of drug-likeness (QED) is 0.595. The van der Waals surface area contributed by atoms with Gasteiger partial charge in [-0.15, -0.1) is 0 Å². The van der Waals surface area contributed by atoms with E-state index < -0.39 is 12.5 Å². The maximum atomic E-state index is 13.1. The molecule has 0 fully saturated rings. The molecule has 0 heterocycles. The van der Waals surface area contributed by atoms with Crippen LogP contribution in [0, 0.1) is 0 Å². The second-order valence-corrected chi connectivity index (χ2v) is 2.37. The maximum absolute atomic E-state index is 13.1. The molecule has 1 unspecified atom stereocenters. The Labute approximate surface area is 73.0 Å². The van der Waals surface area contributed by atoms with Crippen molar-refractivity contribution in [1.82, 2.24) is 0 Å². The summed E-state index contributed by atoms with van der Waals surface area (Å²) in [5, 5.41) is 0. The van der Waals surface area contributed by atoms with Gasteiger partial charge in [0, 0.05) is 13.2 Å². The molecule has 0 aromatic carbocycles. The molecule has 0 saturated carbocycles. The Morgan fingerprint density at radius 3 is 2.08 bits per heavy atom. The molecule has 2 N–H and O–H groups in total.